The Morgan fingerprint density at radius 3 is 2.52 bits per heavy atom. The first kappa shape index (κ1) is 18.8. The predicted octanol–water partition coefficient (Wildman–Crippen LogP) is 3.42. The molecule has 7 nitrogen and oxygen atoms in total. The monoisotopic (exact) mass is 423 g/mol. The predicted molar refractivity (Wildman–Crippen MR) is 102 cm³/mol. The lowest BCUT2D eigenvalue weighted by atomic mass is 10.1. The van der Waals surface area contributed by atoms with E-state index < -0.39 is 4.92 Å². The molecule has 130 valence electrons. The number of ether oxygens (including phenoxy) is 1. The zero-order valence-corrected chi connectivity index (χ0v) is 15.5. The van der Waals surface area contributed by atoms with Crippen molar-refractivity contribution >= 4 is 50.5 Å². The smallest absolute Gasteiger partial charge is 0.270 e. The SMILES string of the molecule is COc1ccc(CC(=O)NC(=S)Nc2ccc([N+](=O)[O-])cc2Br)cc1. The highest BCUT2D eigenvalue weighted by molar-refractivity contribution is 9.10. The van der Waals surface area contributed by atoms with Crippen LogP contribution in [0, 0.1) is 10.1 Å². The number of nitrogens with one attached hydrogen (secondary N) is 2. The number of carbonyl (C=O) groups excluding carboxylic acids is 1. The van der Waals surface area contributed by atoms with Gasteiger partial charge in [-0.1, -0.05) is 12.1 Å². The lowest BCUT2D eigenvalue weighted by molar-refractivity contribution is -0.384. The van der Waals surface area contributed by atoms with Crippen LogP contribution >= 0.6 is 28.1 Å². The summed E-state index contributed by atoms with van der Waals surface area (Å²) in [6.07, 6.45) is 0.160. The van der Waals surface area contributed by atoms with E-state index in [-0.39, 0.29) is 23.1 Å². The third-order valence-electron chi connectivity index (χ3n) is 3.19. The molecule has 0 heterocycles. The molecule has 9 heteroatoms. The topological polar surface area (TPSA) is 93.5 Å². The van der Waals surface area contributed by atoms with Crippen LogP contribution < -0.4 is 15.4 Å². The van der Waals surface area contributed by atoms with Crippen molar-refractivity contribution in [3.63, 3.8) is 0 Å². The van der Waals surface area contributed by atoms with Crippen molar-refractivity contribution in [3.05, 3.63) is 62.6 Å². The molecule has 2 rings (SSSR count). The molecule has 25 heavy (non-hydrogen) atoms. The highest BCUT2D eigenvalue weighted by Crippen LogP contribution is 2.27. The molecule has 0 atom stereocenters. The van der Waals surface area contributed by atoms with Crippen LogP contribution in [0.4, 0.5) is 11.4 Å². The van der Waals surface area contributed by atoms with Gasteiger partial charge in [0, 0.05) is 16.6 Å². The lowest BCUT2D eigenvalue weighted by Gasteiger charge is -2.11. The van der Waals surface area contributed by atoms with Gasteiger partial charge in [-0.3, -0.25) is 14.9 Å². The number of rotatable bonds is 5. The summed E-state index contributed by atoms with van der Waals surface area (Å²) >= 11 is 8.32. The van der Waals surface area contributed by atoms with Gasteiger partial charge in [0.1, 0.15) is 5.75 Å². The molecule has 1 amide bonds. The fourth-order valence-corrected chi connectivity index (χ4v) is 2.66. The Bertz CT molecular complexity index is 812. The number of nitro benzene ring substituents is 1. The van der Waals surface area contributed by atoms with E-state index in [2.05, 4.69) is 26.6 Å². The molecule has 2 aromatic carbocycles. The second kappa shape index (κ2) is 8.54. The number of carbonyl (C=O) groups is 1. The summed E-state index contributed by atoms with van der Waals surface area (Å²) in [7, 11) is 1.57. The van der Waals surface area contributed by atoms with Gasteiger partial charge < -0.3 is 15.4 Å². The number of thiocarbonyl (C=S) groups is 1. The summed E-state index contributed by atoms with van der Waals surface area (Å²) in [5.74, 6) is 0.435. The van der Waals surface area contributed by atoms with E-state index >= 15 is 0 Å². The Morgan fingerprint density at radius 2 is 1.96 bits per heavy atom. The fourth-order valence-electron chi connectivity index (χ4n) is 1.97. The van der Waals surface area contributed by atoms with Crippen LogP contribution in [0.2, 0.25) is 0 Å². The molecule has 0 aliphatic heterocycles. The van der Waals surface area contributed by atoms with Crippen LogP contribution in [0.1, 0.15) is 5.56 Å². The average molecular weight is 424 g/mol. The molecule has 0 spiro atoms. The molecule has 0 aliphatic rings. The summed E-state index contributed by atoms with van der Waals surface area (Å²) in [5.41, 5.74) is 1.28. The van der Waals surface area contributed by atoms with Crippen LogP contribution in [0.25, 0.3) is 0 Å². The van der Waals surface area contributed by atoms with Gasteiger partial charge in [0.25, 0.3) is 5.69 Å². The number of amides is 1. The van der Waals surface area contributed by atoms with E-state index in [0.717, 1.165) is 5.56 Å². The Kier molecular flexibility index (Phi) is 6.43. The third-order valence-corrected chi connectivity index (χ3v) is 4.05. The highest BCUT2D eigenvalue weighted by Gasteiger charge is 2.11. The second-order valence-corrected chi connectivity index (χ2v) is 6.21. The van der Waals surface area contributed by atoms with E-state index in [1.54, 1.807) is 31.4 Å². The average Bonchev–Trinajstić information content (AvgIpc) is 2.57. The Hall–Kier alpha value is -2.52. The third kappa shape index (κ3) is 5.50. The normalized spacial score (nSPS) is 10.0. The molecule has 0 aliphatic carbocycles. The number of methoxy groups -OCH3 is 1. The Morgan fingerprint density at radius 1 is 1.28 bits per heavy atom. The van der Waals surface area contributed by atoms with Crippen LogP contribution in [0.3, 0.4) is 0 Å². The van der Waals surface area contributed by atoms with Gasteiger partial charge in [-0.15, -0.1) is 0 Å². The number of hydrogen-bond donors (Lipinski definition) is 2. The zero-order chi connectivity index (χ0) is 18.4. The minimum Gasteiger partial charge on any atom is -0.497 e. The van der Waals surface area contributed by atoms with Crippen LogP contribution in [0.5, 0.6) is 5.75 Å². The molecule has 0 saturated carbocycles. The highest BCUT2D eigenvalue weighted by atomic mass is 79.9. The van der Waals surface area contributed by atoms with Gasteiger partial charge in [0.05, 0.1) is 24.1 Å². The van der Waals surface area contributed by atoms with E-state index in [9.17, 15) is 14.9 Å². The zero-order valence-electron chi connectivity index (χ0n) is 13.1. The minimum atomic E-state index is -0.497. The van der Waals surface area contributed by atoms with Gasteiger partial charge in [-0.25, -0.2) is 0 Å². The molecule has 0 fully saturated rings. The summed E-state index contributed by atoms with van der Waals surface area (Å²) in [6, 6.07) is 11.3. The van der Waals surface area contributed by atoms with E-state index in [1.165, 1.54) is 18.2 Å². The molecule has 0 saturated heterocycles. The van der Waals surface area contributed by atoms with E-state index in [1.807, 2.05) is 0 Å². The molecule has 0 aromatic heterocycles. The molecule has 0 radical (unpaired) electrons. The summed E-state index contributed by atoms with van der Waals surface area (Å²) in [6.45, 7) is 0. The van der Waals surface area contributed by atoms with Crippen LogP contribution in [-0.2, 0) is 11.2 Å². The van der Waals surface area contributed by atoms with Gasteiger partial charge in [0.15, 0.2) is 5.11 Å². The molecular weight excluding hydrogens is 410 g/mol. The van der Waals surface area contributed by atoms with Gasteiger partial charge >= 0.3 is 0 Å². The maximum Gasteiger partial charge on any atom is 0.270 e. The Balaban J connectivity index is 1.92. The lowest BCUT2D eigenvalue weighted by Crippen LogP contribution is -2.35. The largest absolute Gasteiger partial charge is 0.497 e. The van der Waals surface area contributed by atoms with Gasteiger partial charge in [0.2, 0.25) is 5.91 Å². The van der Waals surface area contributed by atoms with Crippen molar-refractivity contribution in [1.82, 2.24) is 5.32 Å². The molecule has 2 N–H and O–H groups in total. The number of halogens is 1. The summed E-state index contributed by atoms with van der Waals surface area (Å²) in [4.78, 5) is 22.2. The van der Waals surface area contributed by atoms with E-state index in [0.29, 0.717) is 15.9 Å². The molecule has 0 unspecified atom stereocenters. The van der Waals surface area contributed by atoms with E-state index in [4.69, 9.17) is 17.0 Å². The number of nitrogens with zero attached hydrogens (tertiary/aromatic N) is 1. The molecular formula is C16H14BrN3O4S. The number of nitro groups is 1. The van der Waals surface area contributed by atoms with Crippen LogP contribution in [0.15, 0.2) is 46.9 Å². The van der Waals surface area contributed by atoms with Crippen molar-refractivity contribution in [2.45, 2.75) is 6.42 Å². The van der Waals surface area contributed by atoms with Gasteiger partial charge in [-0.2, -0.15) is 0 Å². The Labute approximate surface area is 157 Å². The van der Waals surface area contributed by atoms with Crippen molar-refractivity contribution in [2.75, 3.05) is 12.4 Å². The van der Waals surface area contributed by atoms with Crippen molar-refractivity contribution in [2.24, 2.45) is 0 Å². The maximum atomic E-state index is 12.0. The van der Waals surface area contributed by atoms with Crippen molar-refractivity contribution in [3.8, 4) is 5.75 Å². The summed E-state index contributed by atoms with van der Waals surface area (Å²) in [5, 5.41) is 16.2. The summed E-state index contributed by atoms with van der Waals surface area (Å²) < 4.78 is 5.53. The van der Waals surface area contributed by atoms with Crippen molar-refractivity contribution < 1.29 is 14.5 Å². The maximum absolute atomic E-state index is 12.0. The number of hydrogen-bond acceptors (Lipinski definition) is 5. The molecule has 2 aromatic rings. The first-order chi connectivity index (χ1) is 11.9. The molecule has 0 bridgehead atoms. The second-order valence-electron chi connectivity index (χ2n) is 4.95. The fraction of sp³-hybridized carbons (Fsp3) is 0.125. The van der Waals surface area contributed by atoms with Crippen LogP contribution in [-0.4, -0.2) is 23.1 Å². The van der Waals surface area contributed by atoms with Gasteiger partial charge in [-0.05, 0) is 51.9 Å². The van der Waals surface area contributed by atoms with Crippen molar-refractivity contribution in [1.29, 1.82) is 0 Å². The standard InChI is InChI=1S/C16H14BrN3O4S/c1-24-12-5-2-10(3-6-12)8-15(21)19-16(25)18-14-7-4-11(20(22)23)9-13(14)17/h2-7,9H,8H2,1H3,(H2,18,19,21,25). The number of non-ortho nitro benzene ring substituents is 1. The number of anilines is 1. The first-order valence-corrected chi connectivity index (χ1v) is 8.27. The number of benzene rings is 2. The minimum absolute atomic E-state index is 0.0492. The first-order valence-electron chi connectivity index (χ1n) is 7.06. The quantitative estimate of drug-likeness (QED) is 0.434.